The Kier molecular flexibility index (Phi) is 53.4. The first-order chi connectivity index (χ1) is 41.6. The van der Waals surface area contributed by atoms with Crippen molar-refractivity contribution in [3.05, 3.63) is 158 Å². The first kappa shape index (κ1) is 77.4. The second-order valence-electron chi connectivity index (χ2n) is 21.2. The van der Waals surface area contributed by atoms with Crippen LogP contribution in [-0.4, -0.2) is 89.2 Å². The van der Waals surface area contributed by atoms with Crippen molar-refractivity contribution in [1.82, 2.24) is 0 Å². The molecule has 0 saturated carbocycles. The number of esters is 3. The van der Waals surface area contributed by atoms with E-state index in [1.54, 1.807) is 0 Å². The Bertz CT molecular complexity index is 2080. The molecule has 0 aliphatic carbocycles. The van der Waals surface area contributed by atoms with Crippen LogP contribution in [0.1, 0.15) is 226 Å². The molecule has 1 aliphatic rings. The van der Waals surface area contributed by atoms with Gasteiger partial charge in [-0.15, -0.1) is 0 Å². The molecule has 0 bridgehead atoms. The van der Waals surface area contributed by atoms with E-state index in [9.17, 15) is 34.5 Å². The number of aliphatic hydroxyl groups excluding tert-OH is 2. The molecular weight excluding hydrogens is 1070 g/mol. The lowest BCUT2D eigenvalue weighted by Crippen LogP contribution is -2.61. The molecule has 0 spiro atoms. The highest BCUT2D eigenvalue weighted by molar-refractivity contribution is 5.74. The van der Waals surface area contributed by atoms with Crippen LogP contribution in [0.4, 0.5) is 0 Å². The van der Waals surface area contributed by atoms with Crippen LogP contribution >= 0.6 is 0 Å². The molecule has 1 aliphatic heterocycles. The summed E-state index contributed by atoms with van der Waals surface area (Å²) in [6, 6.07) is 0. The quantitative estimate of drug-likeness (QED) is 0.0228. The van der Waals surface area contributed by atoms with E-state index in [0.29, 0.717) is 19.3 Å². The van der Waals surface area contributed by atoms with Crippen molar-refractivity contribution in [1.29, 1.82) is 0 Å². The van der Waals surface area contributed by atoms with E-state index in [1.165, 1.54) is 0 Å². The largest absolute Gasteiger partial charge is 0.479 e. The van der Waals surface area contributed by atoms with Gasteiger partial charge in [-0.1, -0.05) is 224 Å². The molecule has 6 unspecified atom stereocenters. The van der Waals surface area contributed by atoms with Crippen molar-refractivity contribution < 1.29 is 58.2 Å². The highest BCUT2D eigenvalue weighted by atomic mass is 16.7. The molecule has 6 atom stereocenters. The van der Waals surface area contributed by atoms with Crippen LogP contribution in [0.2, 0.25) is 0 Å². The van der Waals surface area contributed by atoms with Gasteiger partial charge in [-0.3, -0.25) is 14.4 Å². The number of rotatable bonds is 53. The Labute approximate surface area is 514 Å². The molecule has 85 heavy (non-hydrogen) atoms. The van der Waals surface area contributed by atoms with Crippen LogP contribution in [0.15, 0.2) is 158 Å². The van der Waals surface area contributed by atoms with E-state index in [0.717, 1.165) is 167 Å². The van der Waals surface area contributed by atoms with Gasteiger partial charge in [0.1, 0.15) is 18.8 Å². The summed E-state index contributed by atoms with van der Waals surface area (Å²) in [4.78, 5) is 51.4. The predicted octanol–water partition coefficient (Wildman–Crippen LogP) is 17.7. The standard InChI is InChI=1S/C73H112O12/c1-4-7-10-13-16-19-22-25-28-31-33-36-38-41-44-47-50-53-56-59-65(74)81-62-64(83-66(75)60-57-54-51-48-45-42-40-37-34-32-29-26-23-20-17-14-11-8-5-2)63-82-73-71(69(78)68(77)70(85-73)72(79)80)84-67(76)61-58-55-52-49-46-43-39-35-30-27-24-21-18-15-12-9-6-3/h7-12,16-21,25-30,33-34,36-37,39,41,43-44,64,68-71,73,77-78H,4-6,13-15,22-24,31-32,35,38,40,42,45-63H2,1-3H3,(H,79,80)/b10-7-,11-8-,12-9-,19-16-,20-17-,21-18-,28-25-,29-26-,30-27-,36-33-,37-34-,43-39-,44-41-. The van der Waals surface area contributed by atoms with Gasteiger partial charge in [0.05, 0.1) is 6.61 Å². The molecule has 0 aromatic carbocycles. The molecule has 3 N–H and O–H groups in total. The second kappa shape index (κ2) is 58.7. The van der Waals surface area contributed by atoms with Crippen molar-refractivity contribution in [2.24, 2.45) is 0 Å². The number of carboxylic acid groups (broad SMARTS) is 1. The summed E-state index contributed by atoms with van der Waals surface area (Å²) in [5.74, 6) is -3.24. The van der Waals surface area contributed by atoms with Gasteiger partial charge >= 0.3 is 23.9 Å². The smallest absolute Gasteiger partial charge is 0.335 e. The summed E-state index contributed by atoms with van der Waals surface area (Å²) in [6.07, 6.45) is 73.3. The van der Waals surface area contributed by atoms with E-state index >= 15 is 0 Å². The Morgan fingerprint density at radius 3 is 1.08 bits per heavy atom. The summed E-state index contributed by atoms with van der Waals surface area (Å²) >= 11 is 0. The third-order valence-corrected chi connectivity index (χ3v) is 13.6. The highest BCUT2D eigenvalue weighted by Gasteiger charge is 2.50. The molecule has 1 heterocycles. The van der Waals surface area contributed by atoms with Crippen molar-refractivity contribution in [2.45, 2.75) is 263 Å². The van der Waals surface area contributed by atoms with Gasteiger partial charge in [-0.2, -0.15) is 0 Å². The zero-order valence-corrected chi connectivity index (χ0v) is 52.5. The van der Waals surface area contributed by atoms with Gasteiger partial charge in [-0.25, -0.2) is 4.79 Å². The van der Waals surface area contributed by atoms with Gasteiger partial charge in [0, 0.05) is 19.3 Å². The molecule has 0 aromatic heterocycles. The monoisotopic (exact) mass is 1180 g/mol. The molecular formula is C73H112O12. The van der Waals surface area contributed by atoms with Crippen molar-refractivity contribution in [2.75, 3.05) is 13.2 Å². The van der Waals surface area contributed by atoms with Gasteiger partial charge < -0.3 is 39.0 Å². The SMILES string of the molecule is CC/C=C\C/C=C\C/C=C\C/C=C\C/C=C\CCCCCC(=O)OCC(COC1OC(C(=O)O)C(O)C(O)C1OC(=O)CCCCCC/C=C\C/C=C\C/C=C\C/C=C\CC)OC(=O)CCCCCCCC/C=C\C/C=C\C/C=C\C/C=C\CC. The molecule has 0 radical (unpaired) electrons. The number of carbonyl (C=O) groups is 4. The van der Waals surface area contributed by atoms with Gasteiger partial charge in [0.25, 0.3) is 0 Å². The van der Waals surface area contributed by atoms with Gasteiger partial charge in [0.15, 0.2) is 24.6 Å². The maximum absolute atomic E-state index is 13.2. The number of allylic oxidation sites excluding steroid dienone is 26. The summed E-state index contributed by atoms with van der Waals surface area (Å²) in [7, 11) is 0. The van der Waals surface area contributed by atoms with E-state index < -0.39 is 67.3 Å². The fourth-order valence-electron chi connectivity index (χ4n) is 8.73. The molecule has 476 valence electrons. The van der Waals surface area contributed by atoms with Crippen LogP contribution in [0, 0.1) is 0 Å². The molecule has 0 aromatic rings. The third kappa shape index (κ3) is 48.2. The fourth-order valence-corrected chi connectivity index (χ4v) is 8.73. The van der Waals surface area contributed by atoms with Crippen molar-refractivity contribution in [3.63, 3.8) is 0 Å². The first-order valence-corrected chi connectivity index (χ1v) is 32.5. The number of hydrogen-bond donors (Lipinski definition) is 3. The van der Waals surface area contributed by atoms with Crippen molar-refractivity contribution in [3.8, 4) is 0 Å². The lowest BCUT2D eigenvalue weighted by molar-refractivity contribution is -0.301. The minimum absolute atomic E-state index is 0.0178. The fraction of sp³-hybridized carbons (Fsp3) is 0.589. The number of aliphatic carboxylic acids is 1. The predicted molar refractivity (Wildman–Crippen MR) is 349 cm³/mol. The molecule has 12 heteroatoms. The Morgan fingerprint density at radius 2 is 0.706 bits per heavy atom. The number of ether oxygens (including phenoxy) is 5. The minimum atomic E-state index is -1.93. The highest BCUT2D eigenvalue weighted by Crippen LogP contribution is 2.26. The third-order valence-electron chi connectivity index (χ3n) is 13.6. The Morgan fingerprint density at radius 1 is 0.388 bits per heavy atom. The summed E-state index contributed by atoms with van der Waals surface area (Å²) in [6.45, 7) is 5.60. The number of unbranched alkanes of at least 4 members (excludes halogenated alkanes) is 13. The maximum atomic E-state index is 13.2. The lowest BCUT2D eigenvalue weighted by atomic mass is 9.98. The number of carbonyl (C=O) groups excluding carboxylic acids is 3. The molecule has 1 saturated heterocycles. The van der Waals surface area contributed by atoms with Crippen LogP contribution in [-0.2, 0) is 42.9 Å². The van der Waals surface area contributed by atoms with Crippen LogP contribution in [0.25, 0.3) is 0 Å². The Balaban J connectivity index is 2.73. The second-order valence-corrected chi connectivity index (χ2v) is 21.2. The number of carboxylic acids is 1. The zero-order chi connectivity index (χ0) is 61.7. The minimum Gasteiger partial charge on any atom is -0.479 e. The summed E-state index contributed by atoms with van der Waals surface area (Å²) < 4.78 is 28.5. The lowest BCUT2D eigenvalue weighted by Gasteiger charge is -2.40. The van der Waals surface area contributed by atoms with E-state index in [1.807, 2.05) is 0 Å². The topological polar surface area (TPSA) is 175 Å². The van der Waals surface area contributed by atoms with Crippen LogP contribution < -0.4 is 0 Å². The van der Waals surface area contributed by atoms with E-state index in [2.05, 4.69) is 179 Å². The Hall–Kier alpha value is -5.66. The van der Waals surface area contributed by atoms with Crippen LogP contribution in [0.3, 0.4) is 0 Å². The maximum Gasteiger partial charge on any atom is 0.335 e. The van der Waals surface area contributed by atoms with E-state index in [4.69, 9.17) is 23.7 Å². The van der Waals surface area contributed by atoms with Gasteiger partial charge in [0.2, 0.25) is 0 Å². The average Bonchev–Trinajstić information content (AvgIpc) is 3.46. The number of aliphatic hydroxyl groups is 2. The summed E-state index contributed by atoms with van der Waals surface area (Å²) in [5, 5.41) is 31.6. The summed E-state index contributed by atoms with van der Waals surface area (Å²) in [5.41, 5.74) is 0. The molecule has 1 fully saturated rings. The first-order valence-electron chi connectivity index (χ1n) is 32.5. The number of hydrogen-bond acceptors (Lipinski definition) is 11. The van der Waals surface area contributed by atoms with Gasteiger partial charge in [-0.05, 0) is 141 Å². The molecule has 0 amide bonds. The van der Waals surface area contributed by atoms with E-state index in [-0.39, 0.29) is 25.9 Å². The molecule has 1 rings (SSSR count). The normalized spacial score (nSPS) is 18.5. The molecule has 12 nitrogen and oxygen atoms in total. The van der Waals surface area contributed by atoms with Crippen molar-refractivity contribution >= 4 is 23.9 Å². The average molecular weight is 1180 g/mol. The zero-order valence-electron chi connectivity index (χ0n) is 52.5. The van der Waals surface area contributed by atoms with Crippen LogP contribution in [0.5, 0.6) is 0 Å².